The first-order valence-corrected chi connectivity index (χ1v) is 10.3. The summed E-state index contributed by atoms with van der Waals surface area (Å²) in [5.41, 5.74) is 0.932. The molecule has 0 spiro atoms. The molecule has 7 nitrogen and oxygen atoms in total. The number of amides is 1. The summed E-state index contributed by atoms with van der Waals surface area (Å²) in [6.45, 7) is 3.01. The molecule has 1 aliphatic rings. The van der Waals surface area contributed by atoms with Crippen LogP contribution in [0.2, 0.25) is 0 Å². The van der Waals surface area contributed by atoms with E-state index in [1.807, 2.05) is 6.92 Å². The van der Waals surface area contributed by atoms with E-state index in [4.69, 9.17) is 4.74 Å². The topological polar surface area (TPSA) is 102 Å². The summed E-state index contributed by atoms with van der Waals surface area (Å²) in [6, 6.07) is 6.37. The molecule has 1 fully saturated rings. The Bertz CT molecular complexity index is 730. The molecule has 1 aromatic rings. The number of hydrogen-bond donors (Lipinski definition) is 2. The second-order valence-electron chi connectivity index (χ2n) is 6.73. The molecule has 8 heteroatoms. The highest BCUT2D eigenvalue weighted by Crippen LogP contribution is 2.23. The van der Waals surface area contributed by atoms with Gasteiger partial charge >= 0.3 is 5.97 Å². The summed E-state index contributed by atoms with van der Waals surface area (Å²) in [4.78, 5) is 23.7. The summed E-state index contributed by atoms with van der Waals surface area (Å²) in [6.07, 6.45) is 4.25. The van der Waals surface area contributed by atoms with Crippen LogP contribution in [-0.4, -0.2) is 39.5 Å². The maximum atomic E-state index is 12.1. The maximum Gasteiger partial charge on any atom is 0.321 e. The lowest BCUT2D eigenvalue weighted by Crippen LogP contribution is -2.43. The van der Waals surface area contributed by atoms with E-state index in [1.54, 1.807) is 12.1 Å². The second kappa shape index (κ2) is 9.14. The van der Waals surface area contributed by atoms with Gasteiger partial charge in [-0.1, -0.05) is 37.5 Å². The Morgan fingerprint density at radius 3 is 2.46 bits per heavy atom. The highest BCUT2D eigenvalue weighted by molar-refractivity contribution is 7.89. The Labute approximate surface area is 154 Å². The molecular formula is C18H26N2O5S. The first kappa shape index (κ1) is 20.4. The van der Waals surface area contributed by atoms with Crippen molar-refractivity contribution in [1.82, 2.24) is 10.0 Å². The third-order valence-electron chi connectivity index (χ3n) is 4.56. The van der Waals surface area contributed by atoms with Crippen LogP contribution in [0.4, 0.5) is 0 Å². The number of carbonyl (C=O) groups is 2. The number of sulfonamides is 1. The van der Waals surface area contributed by atoms with Gasteiger partial charge in [-0.2, -0.15) is 4.72 Å². The first-order valence-electron chi connectivity index (χ1n) is 8.79. The minimum atomic E-state index is -3.79. The van der Waals surface area contributed by atoms with Gasteiger partial charge in [0.2, 0.25) is 10.0 Å². The zero-order valence-electron chi connectivity index (χ0n) is 15.2. The number of aryl methyl sites for hydroxylation is 1. The van der Waals surface area contributed by atoms with Crippen LogP contribution < -0.4 is 10.0 Å². The molecule has 0 aliphatic heterocycles. The average Bonchev–Trinajstić information content (AvgIpc) is 2.60. The van der Waals surface area contributed by atoms with Gasteiger partial charge in [0.15, 0.2) is 6.61 Å². The zero-order chi connectivity index (χ0) is 19.2. The van der Waals surface area contributed by atoms with Gasteiger partial charge in [-0.25, -0.2) is 8.42 Å². The Morgan fingerprint density at radius 2 is 1.81 bits per heavy atom. The summed E-state index contributed by atoms with van der Waals surface area (Å²) < 4.78 is 31.2. The Balaban J connectivity index is 1.74. The van der Waals surface area contributed by atoms with E-state index in [1.165, 1.54) is 18.6 Å². The molecular weight excluding hydrogens is 356 g/mol. The van der Waals surface area contributed by atoms with Crippen molar-refractivity contribution in [3.8, 4) is 0 Å². The minimum Gasteiger partial charge on any atom is -0.455 e. The predicted molar refractivity (Wildman–Crippen MR) is 96.9 cm³/mol. The smallest absolute Gasteiger partial charge is 0.321 e. The highest BCUT2D eigenvalue weighted by atomic mass is 32.2. The van der Waals surface area contributed by atoms with Crippen LogP contribution in [0, 0.1) is 12.8 Å². The summed E-state index contributed by atoms with van der Waals surface area (Å²) in [5, 5.41) is 2.87. The van der Waals surface area contributed by atoms with Crippen molar-refractivity contribution in [3.05, 3.63) is 29.8 Å². The van der Waals surface area contributed by atoms with Crippen LogP contribution in [0.3, 0.4) is 0 Å². The molecule has 0 saturated heterocycles. The number of hydrogen-bond acceptors (Lipinski definition) is 5. The molecule has 1 amide bonds. The lowest BCUT2D eigenvalue weighted by Gasteiger charge is -2.29. The average molecular weight is 382 g/mol. The van der Waals surface area contributed by atoms with Gasteiger partial charge in [0.25, 0.3) is 5.91 Å². The van der Waals surface area contributed by atoms with E-state index in [0.717, 1.165) is 24.8 Å². The molecule has 0 unspecified atom stereocenters. The van der Waals surface area contributed by atoms with Crippen LogP contribution in [0.15, 0.2) is 29.2 Å². The van der Waals surface area contributed by atoms with Gasteiger partial charge in [0.1, 0.15) is 6.54 Å². The van der Waals surface area contributed by atoms with Crippen LogP contribution in [0.1, 0.15) is 38.2 Å². The molecule has 2 atom stereocenters. The third-order valence-corrected chi connectivity index (χ3v) is 5.98. The molecule has 144 valence electrons. The molecule has 0 radical (unpaired) electrons. The lowest BCUT2D eigenvalue weighted by atomic mass is 9.86. The van der Waals surface area contributed by atoms with Crippen molar-refractivity contribution in [1.29, 1.82) is 0 Å². The molecule has 0 heterocycles. The van der Waals surface area contributed by atoms with Gasteiger partial charge in [0.05, 0.1) is 4.90 Å². The molecule has 1 aromatic carbocycles. The standard InChI is InChI=1S/C18H26N2O5S/c1-13-7-9-15(10-8-13)26(23,24)19-11-18(22)25-12-17(21)20-16-6-4-3-5-14(16)2/h7-10,14,16,19H,3-6,11-12H2,1-2H3,(H,20,21)/t14-,16-/m1/s1. The van der Waals surface area contributed by atoms with Crippen molar-refractivity contribution >= 4 is 21.9 Å². The first-order chi connectivity index (χ1) is 12.3. The fraction of sp³-hybridized carbons (Fsp3) is 0.556. The van der Waals surface area contributed by atoms with E-state index in [2.05, 4.69) is 17.0 Å². The Kier molecular flexibility index (Phi) is 7.16. The number of ether oxygens (including phenoxy) is 1. The normalized spacial score (nSPS) is 20.4. The number of benzene rings is 1. The number of carbonyl (C=O) groups excluding carboxylic acids is 2. The largest absolute Gasteiger partial charge is 0.455 e. The maximum absolute atomic E-state index is 12.1. The van der Waals surface area contributed by atoms with Gasteiger partial charge in [0, 0.05) is 6.04 Å². The molecule has 26 heavy (non-hydrogen) atoms. The van der Waals surface area contributed by atoms with E-state index in [-0.39, 0.29) is 16.8 Å². The molecule has 0 aromatic heterocycles. The zero-order valence-corrected chi connectivity index (χ0v) is 16.0. The predicted octanol–water partition coefficient (Wildman–Crippen LogP) is 1.51. The summed E-state index contributed by atoms with van der Waals surface area (Å²) >= 11 is 0. The molecule has 2 rings (SSSR count). The SMILES string of the molecule is Cc1ccc(S(=O)(=O)NCC(=O)OCC(=O)N[C@@H]2CCCC[C@H]2C)cc1. The van der Waals surface area contributed by atoms with Crippen LogP contribution in [0.25, 0.3) is 0 Å². The van der Waals surface area contributed by atoms with Crippen molar-refractivity contribution < 1.29 is 22.7 Å². The van der Waals surface area contributed by atoms with Gasteiger partial charge in [-0.05, 0) is 37.8 Å². The van der Waals surface area contributed by atoms with E-state index < -0.39 is 29.1 Å². The summed E-state index contributed by atoms with van der Waals surface area (Å²) in [7, 11) is -3.79. The third kappa shape index (κ3) is 6.10. The van der Waals surface area contributed by atoms with E-state index in [0.29, 0.717) is 5.92 Å². The fourth-order valence-electron chi connectivity index (χ4n) is 2.93. The van der Waals surface area contributed by atoms with Crippen LogP contribution >= 0.6 is 0 Å². The number of nitrogens with one attached hydrogen (secondary N) is 2. The van der Waals surface area contributed by atoms with Crippen LogP contribution in [0.5, 0.6) is 0 Å². The molecule has 1 saturated carbocycles. The highest BCUT2D eigenvalue weighted by Gasteiger charge is 2.23. The second-order valence-corrected chi connectivity index (χ2v) is 8.50. The lowest BCUT2D eigenvalue weighted by molar-refractivity contribution is -0.147. The monoisotopic (exact) mass is 382 g/mol. The van der Waals surface area contributed by atoms with Crippen molar-refractivity contribution in [2.24, 2.45) is 5.92 Å². The Hall–Kier alpha value is -1.93. The molecule has 0 bridgehead atoms. The summed E-state index contributed by atoms with van der Waals surface area (Å²) in [5.74, 6) is -0.754. The number of rotatable bonds is 7. The molecule has 2 N–H and O–H groups in total. The van der Waals surface area contributed by atoms with Crippen LogP contribution in [-0.2, 0) is 24.3 Å². The van der Waals surface area contributed by atoms with Crippen molar-refractivity contribution in [2.75, 3.05) is 13.2 Å². The Morgan fingerprint density at radius 1 is 1.15 bits per heavy atom. The van der Waals surface area contributed by atoms with Crippen molar-refractivity contribution in [2.45, 2.75) is 50.5 Å². The number of esters is 1. The fourth-order valence-corrected chi connectivity index (χ4v) is 3.90. The van der Waals surface area contributed by atoms with Gasteiger partial charge in [-0.3, -0.25) is 9.59 Å². The minimum absolute atomic E-state index is 0.0694. The van der Waals surface area contributed by atoms with Crippen molar-refractivity contribution in [3.63, 3.8) is 0 Å². The van der Waals surface area contributed by atoms with Gasteiger partial charge in [-0.15, -0.1) is 0 Å². The van der Waals surface area contributed by atoms with Gasteiger partial charge < -0.3 is 10.1 Å². The van der Waals surface area contributed by atoms with E-state index in [9.17, 15) is 18.0 Å². The quantitative estimate of drug-likeness (QED) is 0.696. The van der Waals surface area contributed by atoms with E-state index >= 15 is 0 Å². The molecule has 1 aliphatic carbocycles.